The van der Waals surface area contributed by atoms with Crippen molar-refractivity contribution in [1.29, 1.82) is 0 Å². The molecule has 0 unspecified atom stereocenters. The molecule has 0 amide bonds. The molecule has 0 bridgehead atoms. The fraction of sp³-hybridized carbons (Fsp3) is 0.750. The predicted octanol–water partition coefficient (Wildman–Crippen LogP) is 2.78. The van der Waals surface area contributed by atoms with Gasteiger partial charge in [-0.05, 0) is 25.8 Å². The second kappa shape index (κ2) is 4.35. The van der Waals surface area contributed by atoms with Crippen LogP contribution >= 0.6 is 0 Å². The van der Waals surface area contributed by atoms with Crippen molar-refractivity contribution in [2.75, 3.05) is 7.05 Å². The summed E-state index contributed by atoms with van der Waals surface area (Å²) in [5, 5.41) is 3.13. The van der Waals surface area contributed by atoms with Crippen molar-refractivity contribution in [2.24, 2.45) is 0 Å². The minimum absolute atomic E-state index is 0.450. The van der Waals surface area contributed by atoms with E-state index in [4.69, 9.17) is 4.42 Å². The lowest BCUT2D eigenvalue weighted by Gasteiger charge is -2.21. The summed E-state index contributed by atoms with van der Waals surface area (Å²) < 4.78 is 5.85. The van der Waals surface area contributed by atoms with Crippen molar-refractivity contribution in [3.8, 4) is 0 Å². The molecule has 15 heavy (non-hydrogen) atoms. The molecule has 3 heteroatoms. The third-order valence-electron chi connectivity index (χ3n) is 3.08. The SMILES string of the molecule is CNCc1oc(C2CCC2)nc1C(C)C. The average molecular weight is 208 g/mol. The third kappa shape index (κ3) is 2.07. The monoisotopic (exact) mass is 208 g/mol. The van der Waals surface area contributed by atoms with E-state index in [9.17, 15) is 0 Å². The molecule has 1 aromatic heterocycles. The molecule has 0 radical (unpaired) electrons. The van der Waals surface area contributed by atoms with Crippen molar-refractivity contribution in [1.82, 2.24) is 10.3 Å². The van der Waals surface area contributed by atoms with Gasteiger partial charge in [0.1, 0.15) is 5.76 Å². The Hall–Kier alpha value is -0.830. The molecular formula is C12H20N2O. The molecule has 84 valence electrons. The van der Waals surface area contributed by atoms with E-state index in [0.717, 1.165) is 23.9 Å². The van der Waals surface area contributed by atoms with Gasteiger partial charge in [0.2, 0.25) is 0 Å². The van der Waals surface area contributed by atoms with Crippen molar-refractivity contribution in [2.45, 2.75) is 51.5 Å². The Kier molecular flexibility index (Phi) is 3.10. The van der Waals surface area contributed by atoms with Crippen LogP contribution in [-0.4, -0.2) is 12.0 Å². The topological polar surface area (TPSA) is 38.1 Å². The Labute approximate surface area is 91.3 Å². The van der Waals surface area contributed by atoms with Crippen LogP contribution in [0.1, 0.15) is 62.3 Å². The van der Waals surface area contributed by atoms with Crippen LogP contribution in [0.25, 0.3) is 0 Å². The number of aromatic nitrogens is 1. The van der Waals surface area contributed by atoms with Crippen LogP contribution in [-0.2, 0) is 6.54 Å². The highest BCUT2D eigenvalue weighted by atomic mass is 16.4. The Bertz CT molecular complexity index is 326. The van der Waals surface area contributed by atoms with Gasteiger partial charge in [-0.15, -0.1) is 0 Å². The van der Waals surface area contributed by atoms with E-state index >= 15 is 0 Å². The van der Waals surface area contributed by atoms with Crippen LogP contribution in [0.2, 0.25) is 0 Å². The quantitative estimate of drug-likeness (QED) is 0.826. The van der Waals surface area contributed by atoms with E-state index in [1.807, 2.05) is 7.05 Å². The van der Waals surface area contributed by atoms with Crippen LogP contribution in [0.15, 0.2) is 4.42 Å². The van der Waals surface area contributed by atoms with Gasteiger partial charge in [0, 0.05) is 5.92 Å². The van der Waals surface area contributed by atoms with E-state index in [1.54, 1.807) is 0 Å². The summed E-state index contributed by atoms with van der Waals surface area (Å²) in [7, 11) is 1.94. The van der Waals surface area contributed by atoms with E-state index < -0.39 is 0 Å². The van der Waals surface area contributed by atoms with E-state index in [0.29, 0.717) is 11.8 Å². The fourth-order valence-corrected chi connectivity index (χ4v) is 1.95. The van der Waals surface area contributed by atoms with Crippen LogP contribution < -0.4 is 5.32 Å². The first-order valence-electron chi connectivity index (χ1n) is 5.86. The van der Waals surface area contributed by atoms with E-state index in [2.05, 4.69) is 24.1 Å². The molecule has 1 aliphatic rings. The lowest BCUT2D eigenvalue weighted by molar-refractivity contribution is 0.323. The first kappa shape index (κ1) is 10.7. The highest BCUT2D eigenvalue weighted by Gasteiger charge is 2.26. The second-order valence-electron chi connectivity index (χ2n) is 4.67. The van der Waals surface area contributed by atoms with Crippen LogP contribution in [0.5, 0.6) is 0 Å². The molecule has 0 aromatic carbocycles. The normalized spacial score (nSPS) is 17.1. The summed E-state index contributed by atoms with van der Waals surface area (Å²) in [6.07, 6.45) is 3.82. The highest BCUT2D eigenvalue weighted by Crippen LogP contribution is 2.37. The maximum absolute atomic E-state index is 5.85. The summed E-state index contributed by atoms with van der Waals surface area (Å²) in [6, 6.07) is 0. The average Bonchev–Trinajstić information content (AvgIpc) is 2.46. The maximum atomic E-state index is 5.85. The molecule has 1 saturated carbocycles. The minimum atomic E-state index is 0.450. The van der Waals surface area contributed by atoms with E-state index in [-0.39, 0.29) is 0 Å². The van der Waals surface area contributed by atoms with Gasteiger partial charge in [0.05, 0.1) is 12.2 Å². The molecule has 1 N–H and O–H groups in total. The number of oxazole rings is 1. The lowest BCUT2D eigenvalue weighted by atomic mass is 9.85. The highest BCUT2D eigenvalue weighted by molar-refractivity contribution is 5.16. The Morgan fingerprint density at radius 3 is 2.67 bits per heavy atom. The number of nitrogens with zero attached hydrogens (tertiary/aromatic N) is 1. The smallest absolute Gasteiger partial charge is 0.197 e. The second-order valence-corrected chi connectivity index (χ2v) is 4.67. The van der Waals surface area contributed by atoms with Gasteiger partial charge in [-0.25, -0.2) is 4.98 Å². The summed E-state index contributed by atoms with van der Waals surface area (Å²) in [4.78, 5) is 4.64. The summed E-state index contributed by atoms with van der Waals surface area (Å²) >= 11 is 0. The molecule has 0 saturated heterocycles. The van der Waals surface area contributed by atoms with Crippen LogP contribution in [0.4, 0.5) is 0 Å². The van der Waals surface area contributed by atoms with Gasteiger partial charge in [-0.2, -0.15) is 0 Å². The number of hydrogen-bond donors (Lipinski definition) is 1. The fourth-order valence-electron chi connectivity index (χ4n) is 1.95. The molecule has 1 aromatic rings. The standard InChI is InChI=1S/C12H20N2O/c1-8(2)11-10(7-13-3)15-12(14-11)9-5-4-6-9/h8-9,13H,4-7H2,1-3H3. The van der Waals surface area contributed by atoms with Gasteiger partial charge < -0.3 is 9.73 Å². The first-order chi connectivity index (χ1) is 7.22. The zero-order chi connectivity index (χ0) is 10.8. The molecule has 0 aliphatic heterocycles. The molecule has 0 atom stereocenters. The third-order valence-corrected chi connectivity index (χ3v) is 3.08. The summed E-state index contributed by atoms with van der Waals surface area (Å²) in [6.45, 7) is 5.12. The zero-order valence-electron chi connectivity index (χ0n) is 9.84. The first-order valence-corrected chi connectivity index (χ1v) is 5.86. The number of hydrogen-bond acceptors (Lipinski definition) is 3. The number of nitrogens with one attached hydrogen (secondary N) is 1. The summed E-state index contributed by atoms with van der Waals surface area (Å²) in [5.74, 6) is 3.03. The van der Waals surface area contributed by atoms with Gasteiger partial charge >= 0.3 is 0 Å². The molecule has 1 fully saturated rings. The van der Waals surface area contributed by atoms with Gasteiger partial charge in [-0.1, -0.05) is 20.3 Å². The van der Waals surface area contributed by atoms with Crippen molar-refractivity contribution >= 4 is 0 Å². The zero-order valence-corrected chi connectivity index (χ0v) is 9.84. The molecular weight excluding hydrogens is 188 g/mol. The molecule has 1 aliphatic carbocycles. The van der Waals surface area contributed by atoms with Gasteiger partial charge in [-0.3, -0.25) is 0 Å². The van der Waals surface area contributed by atoms with E-state index in [1.165, 1.54) is 19.3 Å². The number of rotatable bonds is 4. The summed E-state index contributed by atoms with van der Waals surface area (Å²) in [5.41, 5.74) is 1.13. The van der Waals surface area contributed by atoms with Crippen molar-refractivity contribution < 1.29 is 4.42 Å². The van der Waals surface area contributed by atoms with Crippen LogP contribution in [0.3, 0.4) is 0 Å². The molecule has 1 heterocycles. The van der Waals surface area contributed by atoms with Crippen molar-refractivity contribution in [3.63, 3.8) is 0 Å². The van der Waals surface area contributed by atoms with Gasteiger partial charge in [0.15, 0.2) is 5.89 Å². The van der Waals surface area contributed by atoms with Crippen molar-refractivity contribution in [3.05, 3.63) is 17.3 Å². The maximum Gasteiger partial charge on any atom is 0.197 e. The largest absolute Gasteiger partial charge is 0.444 e. The molecule has 2 rings (SSSR count). The molecule has 0 spiro atoms. The Morgan fingerprint density at radius 2 is 2.20 bits per heavy atom. The minimum Gasteiger partial charge on any atom is -0.444 e. The lowest BCUT2D eigenvalue weighted by Crippen LogP contribution is -2.09. The van der Waals surface area contributed by atoms with Gasteiger partial charge in [0.25, 0.3) is 0 Å². The molecule has 3 nitrogen and oxygen atoms in total. The van der Waals surface area contributed by atoms with Crippen LogP contribution in [0, 0.1) is 0 Å². The Balaban J connectivity index is 2.22. The Morgan fingerprint density at radius 1 is 1.47 bits per heavy atom. The predicted molar refractivity (Wildman–Crippen MR) is 59.9 cm³/mol.